The van der Waals surface area contributed by atoms with E-state index < -0.39 is 0 Å². The van der Waals surface area contributed by atoms with Gasteiger partial charge in [0.15, 0.2) is 0 Å². The third kappa shape index (κ3) is 4.45. The summed E-state index contributed by atoms with van der Waals surface area (Å²) in [5.41, 5.74) is 0.438. The molecule has 0 radical (unpaired) electrons. The van der Waals surface area contributed by atoms with Crippen LogP contribution in [0.4, 0.5) is 0 Å². The fourth-order valence-corrected chi connectivity index (χ4v) is 3.44. The van der Waals surface area contributed by atoms with Crippen molar-refractivity contribution < 1.29 is 14.3 Å². The fraction of sp³-hybridized carbons (Fsp3) is 0.667. The van der Waals surface area contributed by atoms with Crippen LogP contribution in [0.15, 0.2) is 18.3 Å². The molecule has 132 valence electrons. The molecule has 1 aromatic heterocycles. The van der Waals surface area contributed by atoms with Gasteiger partial charge in [-0.2, -0.15) is 0 Å². The van der Waals surface area contributed by atoms with E-state index in [1.54, 1.807) is 25.4 Å². The lowest BCUT2D eigenvalue weighted by molar-refractivity contribution is 0.0215. The van der Waals surface area contributed by atoms with Crippen LogP contribution in [0.5, 0.6) is 5.75 Å². The molecule has 0 aromatic carbocycles. The smallest absolute Gasteiger partial charge is 0.272 e. The summed E-state index contributed by atoms with van der Waals surface area (Å²) in [4.78, 5) is 21.4. The van der Waals surface area contributed by atoms with Crippen LogP contribution >= 0.6 is 0 Å². The van der Waals surface area contributed by atoms with Crippen LogP contribution in [0.2, 0.25) is 0 Å². The summed E-state index contributed by atoms with van der Waals surface area (Å²) in [6, 6.07) is 3.45. The Labute approximate surface area is 143 Å². The zero-order valence-corrected chi connectivity index (χ0v) is 14.4. The molecular formula is C18H27N3O3. The van der Waals surface area contributed by atoms with Gasteiger partial charge in [0.2, 0.25) is 0 Å². The first-order valence-electron chi connectivity index (χ1n) is 8.89. The number of amides is 1. The van der Waals surface area contributed by atoms with Gasteiger partial charge in [-0.15, -0.1) is 0 Å². The molecular weight excluding hydrogens is 306 g/mol. The van der Waals surface area contributed by atoms with Crippen molar-refractivity contribution in [1.82, 2.24) is 14.8 Å². The predicted octanol–water partition coefficient (Wildman–Crippen LogP) is 1.81. The Morgan fingerprint density at radius 1 is 1.29 bits per heavy atom. The number of methoxy groups -OCH3 is 1. The highest BCUT2D eigenvalue weighted by molar-refractivity contribution is 5.92. The molecule has 6 nitrogen and oxygen atoms in total. The van der Waals surface area contributed by atoms with Crippen LogP contribution in [-0.2, 0) is 4.74 Å². The van der Waals surface area contributed by atoms with Crippen molar-refractivity contribution in [3.8, 4) is 5.75 Å². The van der Waals surface area contributed by atoms with E-state index >= 15 is 0 Å². The molecule has 2 aliphatic heterocycles. The van der Waals surface area contributed by atoms with Gasteiger partial charge in [-0.25, -0.2) is 0 Å². The van der Waals surface area contributed by atoms with Crippen molar-refractivity contribution in [1.29, 1.82) is 0 Å². The zero-order chi connectivity index (χ0) is 16.8. The van der Waals surface area contributed by atoms with E-state index in [1.807, 2.05) is 4.90 Å². The molecule has 0 saturated carbocycles. The van der Waals surface area contributed by atoms with Crippen LogP contribution < -0.4 is 4.74 Å². The Morgan fingerprint density at radius 3 is 2.92 bits per heavy atom. The molecule has 0 bridgehead atoms. The van der Waals surface area contributed by atoms with Crippen molar-refractivity contribution in [3.05, 3.63) is 24.0 Å². The minimum atomic E-state index is -0.0388. The van der Waals surface area contributed by atoms with Gasteiger partial charge < -0.3 is 19.3 Å². The van der Waals surface area contributed by atoms with E-state index in [9.17, 15) is 4.79 Å². The Bertz CT molecular complexity index is 546. The van der Waals surface area contributed by atoms with Crippen LogP contribution in [0.1, 0.15) is 36.2 Å². The van der Waals surface area contributed by atoms with E-state index in [4.69, 9.17) is 9.47 Å². The van der Waals surface area contributed by atoms with E-state index in [2.05, 4.69) is 9.88 Å². The number of carbonyl (C=O) groups excluding carboxylic acids is 1. The lowest BCUT2D eigenvalue weighted by atomic mass is 10.1. The molecule has 2 aliphatic rings. The maximum absolute atomic E-state index is 12.8. The molecule has 0 aliphatic carbocycles. The number of rotatable bonds is 4. The summed E-state index contributed by atoms with van der Waals surface area (Å²) < 4.78 is 11.2. The molecule has 6 heteroatoms. The van der Waals surface area contributed by atoms with Crippen molar-refractivity contribution in [2.45, 2.75) is 31.8 Å². The number of aromatic nitrogens is 1. The third-order valence-electron chi connectivity index (χ3n) is 4.73. The average molecular weight is 333 g/mol. The van der Waals surface area contributed by atoms with Crippen molar-refractivity contribution in [2.75, 3.05) is 46.4 Å². The van der Waals surface area contributed by atoms with Crippen LogP contribution in [0, 0.1) is 0 Å². The van der Waals surface area contributed by atoms with E-state index in [-0.39, 0.29) is 12.0 Å². The Morgan fingerprint density at radius 2 is 2.12 bits per heavy atom. The maximum Gasteiger partial charge on any atom is 0.272 e. The lowest BCUT2D eigenvalue weighted by Gasteiger charge is -2.31. The monoisotopic (exact) mass is 333 g/mol. The maximum atomic E-state index is 12.8. The molecule has 1 atom stereocenters. The number of hydrogen-bond donors (Lipinski definition) is 0. The normalized spacial score (nSPS) is 22.9. The summed E-state index contributed by atoms with van der Waals surface area (Å²) in [6.45, 7) is 5.27. The molecule has 2 fully saturated rings. The number of pyridine rings is 1. The van der Waals surface area contributed by atoms with Gasteiger partial charge in [-0.1, -0.05) is 6.42 Å². The van der Waals surface area contributed by atoms with Crippen LogP contribution in [0.3, 0.4) is 0 Å². The summed E-state index contributed by atoms with van der Waals surface area (Å²) in [5, 5.41) is 0. The van der Waals surface area contributed by atoms with Gasteiger partial charge in [-0.05, 0) is 38.4 Å². The quantitative estimate of drug-likeness (QED) is 0.841. The van der Waals surface area contributed by atoms with Crippen molar-refractivity contribution >= 4 is 5.91 Å². The van der Waals surface area contributed by atoms with Crippen molar-refractivity contribution in [2.24, 2.45) is 0 Å². The third-order valence-corrected chi connectivity index (χ3v) is 4.73. The highest BCUT2D eigenvalue weighted by Crippen LogP contribution is 2.16. The highest BCUT2D eigenvalue weighted by atomic mass is 16.5. The minimum Gasteiger partial charge on any atom is -0.497 e. The fourth-order valence-electron chi connectivity index (χ4n) is 3.44. The van der Waals surface area contributed by atoms with Gasteiger partial charge in [0, 0.05) is 38.5 Å². The van der Waals surface area contributed by atoms with Gasteiger partial charge >= 0.3 is 0 Å². The largest absolute Gasteiger partial charge is 0.497 e. The Balaban J connectivity index is 1.63. The molecule has 24 heavy (non-hydrogen) atoms. The molecule has 0 spiro atoms. The second kappa shape index (κ2) is 8.44. The van der Waals surface area contributed by atoms with Gasteiger partial charge in [0.25, 0.3) is 5.91 Å². The second-order valence-corrected chi connectivity index (χ2v) is 6.54. The number of likely N-dealkylation sites (tertiary alicyclic amines) is 1. The molecule has 2 saturated heterocycles. The van der Waals surface area contributed by atoms with Crippen LogP contribution in [-0.4, -0.2) is 73.2 Å². The van der Waals surface area contributed by atoms with Gasteiger partial charge in [-0.3, -0.25) is 9.78 Å². The molecule has 0 N–H and O–H groups in total. The minimum absolute atomic E-state index is 0.0388. The first kappa shape index (κ1) is 17.2. The zero-order valence-electron chi connectivity index (χ0n) is 14.4. The highest BCUT2D eigenvalue weighted by Gasteiger charge is 2.26. The summed E-state index contributed by atoms with van der Waals surface area (Å²) in [7, 11) is 1.60. The standard InChI is InChI=1S/C18H27N3O3/c1-23-15-6-7-19-17(12-15)18(22)21-10-5-11-24-16(14-21)13-20-8-3-2-4-9-20/h6-7,12,16H,2-5,8-11,13-14H2,1H3/t16-/m0/s1. The van der Waals surface area contributed by atoms with E-state index in [0.29, 0.717) is 31.1 Å². The lowest BCUT2D eigenvalue weighted by Crippen LogP contribution is -2.44. The molecule has 3 heterocycles. The predicted molar refractivity (Wildman–Crippen MR) is 91.3 cm³/mol. The Hall–Kier alpha value is -1.66. The van der Waals surface area contributed by atoms with E-state index in [1.165, 1.54) is 19.3 Å². The van der Waals surface area contributed by atoms with Gasteiger partial charge in [0.05, 0.1) is 13.2 Å². The summed E-state index contributed by atoms with van der Waals surface area (Å²) in [6.07, 6.45) is 6.43. The number of hydrogen-bond acceptors (Lipinski definition) is 5. The van der Waals surface area contributed by atoms with Crippen LogP contribution in [0.25, 0.3) is 0 Å². The first-order chi connectivity index (χ1) is 11.8. The molecule has 0 unspecified atom stereocenters. The van der Waals surface area contributed by atoms with Gasteiger partial charge in [0.1, 0.15) is 11.4 Å². The SMILES string of the molecule is COc1ccnc(C(=O)N2CCCO[C@@H](CN3CCCCC3)C2)c1. The number of nitrogens with zero attached hydrogens (tertiary/aromatic N) is 3. The molecule has 3 rings (SSSR count). The first-order valence-corrected chi connectivity index (χ1v) is 8.89. The van der Waals surface area contributed by atoms with Crippen molar-refractivity contribution in [3.63, 3.8) is 0 Å². The second-order valence-electron chi connectivity index (χ2n) is 6.54. The summed E-state index contributed by atoms with van der Waals surface area (Å²) >= 11 is 0. The number of piperidine rings is 1. The number of ether oxygens (including phenoxy) is 2. The number of carbonyl (C=O) groups is 1. The molecule has 1 amide bonds. The average Bonchev–Trinajstić information content (AvgIpc) is 2.87. The van der Waals surface area contributed by atoms with E-state index in [0.717, 1.165) is 26.1 Å². The Kier molecular flexibility index (Phi) is 6.04. The topological polar surface area (TPSA) is 54.9 Å². The molecule has 1 aromatic rings. The summed E-state index contributed by atoms with van der Waals surface area (Å²) in [5.74, 6) is 0.618.